The summed E-state index contributed by atoms with van der Waals surface area (Å²) in [7, 11) is 2.24. The normalized spacial score (nSPS) is 35.6. The summed E-state index contributed by atoms with van der Waals surface area (Å²) in [4.78, 5) is 5.14. The quantitative estimate of drug-likeness (QED) is 0.694. The van der Waals surface area contributed by atoms with Crippen molar-refractivity contribution < 1.29 is 0 Å². The van der Waals surface area contributed by atoms with Gasteiger partial charge in [-0.25, -0.2) is 0 Å². The first-order chi connectivity index (χ1) is 6.81. The van der Waals surface area contributed by atoms with Crippen LogP contribution in [0.15, 0.2) is 0 Å². The molecule has 2 rings (SSSR count). The van der Waals surface area contributed by atoms with Gasteiger partial charge in [0, 0.05) is 19.1 Å². The van der Waals surface area contributed by atoms with Crippen molar-refractivity contribution in [3.63, 3.8) is 0 Å². The number of nitrogens with zero attached hydrogens (tertiary/aromatic N) is 2. The molecule has 0 amide bonds. The number of nitrogens with two attached hydrogens (primary N) is 1. The van der Waals surface area contributed by atoms with E-state index >= 15 is 0 Å². The van der Waals surface area contributed by atoms with Crippen LogP contribution in [-0.4, -0.2) is 55.6 Å². The first-order valence-electron chi connectivity index (χ1n) is 5.94. The Hall–Kier alpha value is -0.120. The topological polar surface area (TPSA) is 32.5 Å². The zero-order valence-corrected chi connectivity index (χ0v) is 9.28. The number of rotatable bonds is 2. The van der Waals surface area contributed by atoms with Crippen molar-refractivity contribution in [2.45, 2.75) is 25.3 Å². The minimum absolute atomic E-state index is 0.837. The third kappa shape index (κ3) is 2.10. The summed E-state index contributed by atoms with van der Waals surface area (Å²) in [5.74, 6) is 0.881. The van der Waals surface area contributed by atoms with Crippen LogP contribution in [0.5, 0.6) is 0 Å². The zero-order valence-electron chi connectivity index (χ0n) is 9.28. The highest BCUT2D eigenvalue weighted by Crippen LogP contribution is 2.30. The lowest BCUT2D eigenvalue weighted by molar-refractivity contribution is 0.231. The lowest BCUT2D eigenvalue weighted by atomic mass is 9.94. The highest BCUT2D eigenvalue weighted by atomic mass is 15.2. The standard InChI is InChI=1S/C11H23N3/c1-13-6-4-11-10(2-5-12)3-7-14(11)9-8-13/h10-11H,2-9,12H2,1H3. The van der Waals surface area contributed by atoms with Crippen molar-refractivity contribution in [3.8, 4) is 0 Å². The summed E-state index contributed by atoms with van der Waals surface area (Å²) in [5.41, 5.74) is 5.67. The maximum absolute atomic E-state index is 5.67. The maximum atomic E-state index is 5.67. The molecule has 0 spiro atoms. The minimum atomic E-state index is 0.837. The average Bonchev–Trinajstić information content (AvgIpc) is 2.45. The van der Waals surface area contributed by atoms with E-state index in [-0.39, 0.29) is 0 Å². The Morgan fingerprint density at radius 3 is 2.79 bits per heavy atom. The van der Waals surface area contributed by atoms with Gasteiger partial charge in [0.1, 0.15) is 0 Å². The lowest BCUT2D eigenvalue weighted by Gasteiger charge is -2.25. The fourth-order valence-corrected chi connectivity index (χ4v) is 3.00. The molecule has 0 aromatic heterocycles. The molecule has 3 nitrogen and oxygen atoms in total. The molecule has 3 heteroatoms. The van der Waals surface area contributed by atoms with Gasteiger partial charge in [-0.1, -0.05) is 0 Å². The molecular weight excluding hydrogens is 174 g/mol. The van der Waals surface area contributed by atoms with Crippen molar-refractivity contribution in [3.05, 3.63) is 0 Å². The molecule has 2 atom stereocenters. The third-order valence-electron chi connectivity index (χ3n) is 3.91. The van der Waals surface area contributed by atoms with Crippen LogP contribution in [0.3, 0.4) is 0 Å². The Kier molecular flexibility index (Phi) is 3.42. The SMILES string of the molecule is CN1CCC2C(CCN)CCN2CC1. The van der Waals surface area contributed by atoms with E-state index in [1.165, 1.54) is 45.4 Å². The second-order valence-corrected chi connectivity index (χ2v) is 4.82. The molecule has 2 saturated heterocycles. The van der Waals surface area contributed by atoms with Gasteiger partial charge in [0.25, 0.3) is 0 Å². The number of hydrogen-bond acceptors (Lipinski definition) is 3. The summed E-state index contributed by atoms with van der Waals surface area (Å²) in [6.45, 7) is 5.95. The predicted molar refractivity (Wildman–Crippen MR) is 59.3 cm³/mol. The lowest BCUT2D eigenvalue weighted by Crippen LogP contribution is -2.34. The van der Waals surface area contributed by atoms with Gasteiger partial charge in [-0.2, -0.15) is 0 Å². The Bertz CT molecular complexity index is 181. The van der Waals surface area contributed by atoms with Gasteiger partial charge in [-0.15, -0.1) is 0 Å². The largest absolute Gasteiger partial charge is 0.330 e. The van der Waals surface area contributed by atoms with Gasteiger partial charge < -0.3 is 10.6 Å². The number of fused-ring (bicyclic) bond motifs is 1. The van der Waals surface area contributed by atoms with E-state index < -0.39 is 0 Å². The summed E-state index contributed by atoms with van der Waals surface area (Å²) < 4.78 is 0. The van der Waals surface area contributed by atoms with Crippen molar-refractivity contribution in [1.82, 2.24) is 9.80 Å². The van der Waals surface area contributed by atoms with Crippen LogP contribution in [0.1, 0.15) is 19.3 Å². The Labute approximate surface area is 87.2 Å². The first-order valence-corrected chi connectivity index (χ1v) is 5.94. The van der Waals surface area contributed by atoms with Crippen LogP contribution in [0.25, 0.3) is 0 Å². The summed E-state index contributed by atoms with van der Waals surface area (Å²) in [6.07, 6.45) is 3.96. The molecular formula is C11H23N3. The average molecular weight is 197 g/mol. The molecule has 14 heavy (non-hydrogen) atoms. The molecule has 0 aromatic carbocycles. The fourth-order valence-electron chi connectivity index (χ4n) is 3.00. The van der Waals surface area contributed by atoms with Crippen LogP contribution in [0, 0.1) is 5.92 Å². The van der Waals surface area contributed by atoms with E-state index in [0.717, 1.165) is 18.5 Å². The van der Waals surface area contributed by atoms with E-state index in [4.69, 9.17) is 5.73 Å². The molecule has 0 bridgehead atoms. The summed E-state index contributed by atoms with van der Waals surface area (Å²) in [5, 5.41) is 0. The van der Waals surface area contributed by atoms with E-state index in [9.17, 15) is 0 Å². The Balaban J connectivity index is 1.94. The molecule has 0 aliphatic carbocycles. The Morgan fingerprint density at radius 2 is 2.00 bits per heavy atom. The van der Waals surface area contributed by atoms with Gasteiger partial charge >= 0.3 is 0 Å². The van der Waals surface area contributed by atoms with Gasteiger partial charge in [0.15, 0.2) is 0 Å². The smallest absolute Gasteiger partial charge is 0.0137 e. The molecule has 0 radical (unpaired) electrons. The maximum Gasteiger partial charge on any atom is 0.0137 e. The van der Waals surface area contributed by atoms with Crippen LogP contribution in [0.2, 0.25) is 0 Å². The van der Waals surface area contributed by atoms with Crippen LogP contribution >= 0.6 is 0 Å². The molecule has 2 heterocycles. The molecule has 2 aliphatic rings. The van der Waals surface area contributed by atoms with Gasteiger partial charge in [0.05, 0.1) is 0 Å². The van der Waals surface area contributed by atoms with Crippen LogP contribution < -0.4 is 5.73 Å². The minimum Gasteiger partial charge on any atom is -0.330 e. The van der Waals surface area contributed by atoms with Gasteiger partial charge in [0.2, 0.25) is 0 Å². The van der Waals surface area contributed by atoms with E-state index in [0.29, 0.717) is 0 Å². The fraction of sp³-hybridized carbons (Fsp3) is 1.00. The Morgan fingerprint density at radius 1 is 1.14 bits per heavy atom. The molecule has 82 valence electrons. The highest BCUT2D eigenvalue weighted by Gasteiger charge is 2.34. The van der Waals surface area contributed by atoms with Crippen molar-refractivity contribution >= 4 is 0 Å². The van der Waals surface area contributed by atoms with Crippen molar-refractivity contribution in [1.29, 1.82) is 0 Å². The summed E-state index contributed by atoms with van der Waals surface area (Å²) >= 11 is 0. The predicted octanol–water partition coefficient (Wildman–Crippen LogP) is 0.361. The van der Waals surface area contributed by atoms with Crippen LogP contribution in [-0.2, 0) is 0 Å². The molecule has 2 aliphatic heterocycles. The second-order valence-electron chi connectivity index (χ2n) is 4.82. The van der Waals surface area contributed by atoms with E-state index in [2.05, 4.69) is 16.8 Å². The molecule has 2 fully saturated rings. The van der Waals surface area contributed by atoms with Gasteiger partial charge in [-0.3, -0.25) is 4.90 Å². The molecule has 0 aromatic rings. The summed E-state index contributed by atoms with van der Waals surface area (Å²) in [6, 6.07) is 0.837. The monoisotopic (exact) mass is 197 g/mol. The van der Waals surface area contributed by atoms with Crippen molar-refractivity contribution in [2.24, 2.45) is 11.7 Å². The zero-order chi connectivity index (χ0) is 9.97. The number of likely N-dealkylation sites (N-methyl/N-ethyl adjacent to an activating group) is 1. The van der Waals surface area contributed by atoms with E-state index in [1.807, 2.05) is 0 Å². The molecule has 2 unspecified atom stereocenters. The second kappa shape index (κ2) is 4.60. The molecule has 2 N–H and O–H groups in total. The van der Waals surface area contributed by atoms with E-state index in [1.54, 1.807) is 0 Å². The first kappa shape index (κ1) is 10.4. The van der Waals surface area contributed by atoms with Crippen LogP contribution in [0.4, 0.5) is 0 Å². The third-order valence-corrected chi connectivity index (χ3v) is 3.91. The van der Waals surface area contributed by atoms with Crippen molar-refractivity contribution in [2.75, 3.05) is 39.8 Å². The molecule has 0 saturated carbocycles. The van der Waals surface area contributed by atoms with Gasteiger partial charge in [-0.05, 0) is 51.9 Å². The highest BCUT2D eigenvalue weighted by molar-refractivity contribution is 4.89. The number of hydrogen-bond donors (Lipinski definition) is 1.